The lowest BCUT2D eigenvalue weighted by Crippen LogP contribution is -2.42. The lowest BCUT2D eigenvalue weighted by Gasteiger charge is -2.35. The monoisotopic (exact) mass is 295 g/mol. The summed E-state index contributed by atoms with van der Waals surface area (Å²) in [6.45, 7) is 2.64. The molecule has 116 valence electrons. The second-order valence-electron chi connectivity index (χ2n) is 5.43. The number of hydrogen-bond acceptors (Lipinski definition) is 2. The molecule has 0 radical (unpaired) electrons. The molecule has 1 amide bonds. The van der Waals surface area contributed by atoms with Crippen LogP contribution in [0.4, 0.5) is 13.2 Å². The number of carbonyl (C=O) groups is 2. The largest absolute Gasteiger partial charge is 0.481 e. The van der Waals surface area contributed by atoms with E-state index in [1.807, 2.05) is 6.92 Å². The van der Waals surface area contributed by atoms with Crippen molar-refractivity contribution >= 4 is 11.9 Å². The van der Waals surface area contributed by atoms with Gasteiger partial charge in [-0.25, -0.2) is 0 Å². The lowest BCUT2D eigenvalue weighted by molar-refractivity contribution is -0.150. The van der Waals surface area contributed by atoms with E-state index in [0.29, 0.717) is 19.5 Å². The maximum atomic E-state index is 12.1. The molecule has 1 N–H and O–H groups in total. The van der Waals surface area contributed by atoms with Gasteiger partial charge in [0, 0.05) is 25.9 Å². The fraction of sp³-hybridized carbons (Fsp3) is 0.846. The van der Waals surface area contributed by atoms with Crippen LogP contribution < -0.4 is 0 Å². The van der Waals surface area contributed by atoms with Crippen molar-refractivity contribution in [3.8, 4) is 0 Å². The molecule has 1 aliphatic heterocycles. The molecule has 0 bridgehead atoms. The molecule has 1 fully saturated rings. The summed E-state index contributed by atoms with van der Waals surface area (Å²) < 4.78 is 36.3. The third kappa shape index (κ3) is 5.79. The molecule has 1 rings (SSSR count). The summed E-state index contributed by atoms with van der Waals surface area (Å²) in [6, 6.07) is 0. The zero-order chi connectivity index (χ0) is 15.3. The Bertz CT molecular complexity index is 357. The number of alkyl halides is 3. The standard InChI is InChI=1S/C13H20F3NO3/c1-9(7-12(19)20)10-3-2-6-17(8-10)11(18)4-5-13(14,15)16/h9-10H,2-8H2,1H3,(H,19,20). The van der Waals surface area contributed by atoms with Crippen LogP contribution in [0, 0.1) is 11.8 Å². The second kappa shape index (κ2) is 6.95. The molecule has 2 atom stereocenters. The van der Waals surface area contributed by atoms with Crippen LogP contribution in [0.15, 0.2) is 0 Å². The van der Waals surface area contributed by atoms with Gasteiger partial charge in [-0.1, -0.05) is 6.92 Å². The molecule has 0 saturated carbocycles. The van der Waals surface area contributed by atoms with Gasteiger partial charge in [0.25, 0.3) is 0 Å². The average Bonchev–Trinajstić information content (AvgIpc) is 2.34. The fourth-order valence-electron chi connectivity index (χ4n) is 2.55. The Hall–Kier alpha value is -1.27. The highest BCUT2D eigenvalue weighted by molar-refractivity contribution is 5.76. The quantitative estimate of drug-likeness (QED) is 0.848. The number of rotatable bonds is 5. The van der Waals surface area contributed by atoms with E-state index < -0.39 is 30.9 Å². The highest BCUT2D eigenvalue weighted by Crippen LogP contribution is 2.27. The zero-order valence-electron chi connectivity index (χ0n) is 11.4. The third-order valence-electron chi connectivity index (χ3n) is 3.73. The first kappa shape index (κ1) is 16.8. The van der Waals surface area contributed by atoms with Crippen molar-refractivity contribution in [3.63, 3.8) is 0 Å². The first-order chi connectivity index (χ1) is 9.19. The minimum Gasteiger partial charge on any atom is -0.481 e. The van der Waals surface area contributed by atoms with Gasteiger partial charge in [0.15, 0.2) is 0 Å². The van der Waals surface area contributed by atoms with Gasteiger partial charge in [0.05, 0.1) is 6.42 Å². The fourth-order valence-corrected chi connectivity index (χ4v) is 2.55. The van der Waals surface area contributed by atoms with Crippen molar-refractivity contribution < 1.29 is 27.9 Å². The summed E-state index contributed by atoms with van der Waals surface area (Å²) in [6.07, 6.45) is -4.39. The zero-order valence-corrected chi connectivity index (χ0v) is 11.4. The van der Waals surface area contributed by atoms with Crippen molar-refractivity contribution in [1.82, 2.24) is 4.90 Å². The van der Waals surface area contributed by atoms with Crippen LogP contribution in [0.25, 0.3) is 0 Å². The maximum Gasteiger partial charge on any atom is 0.389 e. The molecule has 1 heterocycles. The second-order valence-corrected chi connectivity index (χ2v) is 5.43. The first-order valence-corrected chi connectivity index (χ1v) is 6.75. The van der Waals surface area contributed by atoms with Crippen LogP contribution in [0.1, 0.15) is 39.0 Å². The number of piperidine rings is 1. The molecule has 0 aliphatic carbocycles. The van der Waals surface area contributed by atoms with Crippen molar-refractivity contribution in [2.45, 2.75) is 45.2 Å². The van der Waals surface area contributed by atoms with E-state index in [1.54, 1.807) is 0 Å². The summed E-state index contributed by atoms with van der Waals surface area (Å²) in [5, 5.41) is 8.76. The molecule has 4 nitrogen and oxygen atoms in total. The van der Waals surface area contributed by atoms with Crippen molar-refractivity contribution in [2.24, 2.45) is 11.8 Å². The lowest BCUT2D eigenvalue weighted by atomic mass is 9.84. The van der Waals surface area contributed by atoms with Crippen molar-refractivity contribution in [1.29, 1.82) is 0 Å². The molecular formula is C13H20F3NO3. The SMILES string of the molecule is CC(CC(=O)O)C1CCCN(C(=O)CCC(F)(F)F)C1. The Morgan fingerprint density at radius 2 is 2.05 bits per heavy atom. The topological polar surface area (TPSA) is 57.6 Å². The van der Waals surface area contributed by atoms with Gasteiger partial charge in [-0.05, 0) is 24.7 Å². The van der Waals surface area contributed by atoms with Gasteiger partial charge in [-0.15, -0.1) is 0 Å². The van der Waals surface area contributed by atoms with E-state index >= 15 is 0 Å². The Morgan fingerprint density at radius 1 is 1.40 bits per heavy atom. The van der Waals surface area contributed by atoms with Gasteiger partial charge >= 0.3 is 12.1 Å². The summed E-state index contributed by atoms with van der Waals surface area (Å²) in [5.41, 5.74) is 0. The van der Waals surface area contributed by atoms with Crippen LogP contribution in [0.3, 0.4) is 0 Å². The number of likely N-dealkylation sites (tertiary alicyclic amines) is 1. The number of aliphatic carboxylic acids is 1. The third-order valence-corrected chi connectivity index (χ3v) is 3.73. The molecular weight excluding hydrogens is 275 g/mol. The highest BCUT2D eigenvalue weighted by atomic mass is 19.4. The Balaban J connectivity index is 2.47. The molecule has 20 heavy (non-hydrogen) atoms. The number of carboxylic acid groups (broad SMARTS) is 1. The van der Waals surface area contributed by atoms with Crippen LogP contribution in [-0.2, 0) is 9.59 Å². The van der Waals surface area contributed by atoms with E-state index in [2.05, 4.69) is 0 Å². The molecule has 0 spiro atoms. The molecule has 0 aromatic carbocycles. The highest BCUT2D eigenvalue weighted by Gasteiger charge is 2.32. The van der Waals surface area contributed by atoms with E-state index in [4.69, 9.17) is 5.11 Å². The van der Waals surface area contributed by atoms with Gasteiger partial charge in [0.2, 0.25) is 5.91 Å². The van der Waals surface area contributed by atoms with Crippen LogP contribution in [0.2, 0.25) is 0 Å². The van der Waals surface area contributed by atoms with Crippen LogP contribution in [-0.4, -0.2) is 41.1 Å². The minimum absolute atomic E-state index is 0.0231. The molecule has 7 heteroatoms. The Labute approximate surface area is 115 Å². The number of halogens is 3. The van der Waals surface area contributed by atoms with E-state index in [0.717, 1.165) is 6.42 Å². The summed E-state index contributed by atoms with van der Waals surface area (Å²) in [5.74, 6) is -1.41. The number of carbonyl (C=O) groups excluding carboxylic acids is 1. The Kier molecular flexibility index (Phi) is 5.83. The first-order valence-electron chi connectivity index (χ1n) is 6.75. The van der Waals surface area contributed by atoms with E-state index in [9.17, 15) is 22.8 Å². The van der Waals surface area contributed by atoms with Gasteiger partial charge in [-0.3, -0.25) is 9.59 Å². The summed E-state index contributed by atoms with van der Waals surface area (Å²) >= 11 is 0. The van der Waals surface area contributed by atoms with Gasteiger partial charge < -0.3 is 10.0 Å². The molecule has 0 aromatic rings. The van der Waals surface area contributed by atoms with Crippen molar-refractivity contribution in [2.75, 3.05) is 13.1 Å². The predicted octanol–water partition coefficient (Wildman–Crippen LogP) is 2.68. The van der Waals surface area contributed by atoms with Crippen LogP contribution in [0.5, 0.6) is 0 Å². The molecule has 1 saturated heterocycles. The Morgan fingerprint density at radius 3 is 2.60 bits per heavy atom. The number of carboxylic acids is 1. The summed E-state index contributed by atoms with van der Waals surface area (Å²) in [4.78, 5) is 23.9. The van der Waals surface area contributed by atoms with Crippen LogP contribution >= 0.6 is 0 Å². The normalized spacial score (nSPS) is 21.6. The van der Waals surface area contributed by atoms with Crippen molar-refractivity contribution in [3.05, 3.63) is 0 Å². The predicted molar refractivity (Wildman–Crippen MR) is 66.0 cm³/mol. The van der Waals surface area contributed by atoms with Gasteiger partial charge in [0.1, 0.15) is 0 Å². The number of amides is 1. The molecule has 0 aromatic heterocycles. The van der Waals surface area contributed by atoms with E-state index in [1.165, 1.54) is 4.90 Å². The maximum absolute atomic E-state index is 12.1. The molecule has 2 unspecified atom stereocenters. The number of nitrogens with zero attached hydrogens (tertiary/aromatic N) is 1. The molecule has 1 aliphatic rings. The minimum atomic E-state index is -4.32. The number of hydrogen-bond donors (Lipinski definition) is 1. The summed E-state index contributed by atoms with van der Waals surface area (Å²) in [7, 11) is 0. The van der Waals surface area contributed by atoms with E-state index in [-0.39, 0.29) is 18.3 Å². The average molecular weight is 295 g/mol. The van der Waals surface area contributed by atoms with Gasteiger partial charge in [-0.2, -0.15) is 13.2 Å². The smallest absolute Gasteiger partial charge is 0.389 e.